The summed E-state index contributed by atoms with van der Waals surface area (Å²) in [4.78, 5) is 4.01. The summed E-state index contributed by atoms with van der Waals surface area (Å²) in [6.07, 6.45) is 4.10. The summed E-state index contributed by atoms with van der Waals surface area (Å²) in [7, 11) is 0. The van der Waals surface area contributed by atoms with Crippen LogP contribution in [0.3, 0.4) is 0 Å². The fraction of sp³-hybridized carbons (Fsp3) is 0.400. The van der Waals surface area contributed by atoms with E-state index in [1.165, 1.54) is 12.8 Å². The van der Waals surface area contributed by atoms with E-state index in [0.717, 1.165) is 12.4 Å². The number of nitrogens with zero attached hydrogens (tertiary/aromatic N) is 2. The highest BCUT2D eigenvalue weighted by Crippen LogP contribution is 2.29. The van der Waals surface area contributed by atoms with Crippen LogP contribution >= 0.6 is 0 Å². The number of rotatable bonds is 4. The molecule has 0 bridgehead atoms. The van der Waals surface area contributed by atoms with Gasteiger partial charge in [0.15, 0.2) is 5.84 Å². The van der Waals surface area contributed by atoms with E-state index in [2.05, 4.69) is 10.1 Å². The Kier molecular flexibility index (Phi) is 2.71. The smallest absolute Gasteiger partial charge is 0.188 e. The van der Waals surface area contributed by atoms with E-state index in [0.29, 0.717) is 11.6 Å². The molecule has 1 fully saturated rings. The molecule has 1 saturated carbocycles. The van der Waals surface area contributed by atoms with Crippen molar-refractivity contribution in [3.63, 3.8) is 0 Å². The van der Waals surface area contributed by atoms with Gasteiger partial charge in [0.05, 0.1) is 12.8 Å². The lowest BCUT2D eigenvalue weighted by Gasteiger charge is -2.04. The van der Waals surface area contributed by atoms with Crippen molar-refractivity contribution in [1.29, 1.82) is 0 Å². The average molecular weight is 207 g/mol. The fourth-order valence-corrected chi connectivity index (χ4v) is 1.17. The molecule has 15 heavy (non-hydrogen) atoms. The van der Waals surface area contributed by atoms with Crippen LogP contribution in [0.1, 0.15) is 18.5 Å². The van der Waals surface area contributed by atoms with Crippen LogP contribution in [0.15, 0.2) is 23.5 Å². The van der Waals surface area contributed by atoms with Gasteiger partial charge in [-0.3, -0.25) is 0 Å². The maximum absolute atomic E-state index is 8.43. The lowest BCUT2D eigenvalue weighted by molar-refractivity contribution is 0.298. The van der Waals surface area contributed by atoms with Crippen LogP contribution < -0.4 is 10.5 Å². The van der Waals surface area contributed by atoms with Gasteiger partial charge in [0.2, 0.25) is 0 Å². The molecule has 3 N–H and O–H groups in total. The molecule has 80 valence electrons. The first-order chi connectivity index (χ1) is 7.29. The quantitative estimate of drug-likeness (QED) is 0.333. The van der Waals surface area contributed by atoms with Crippen LogP contribution in [0.4, 0.5) is 0 Å². The molecular weight excluding hydrogens is 194 g/mol. The standard InChI is InChI=1S/C10H13N3O2/c11-10(13-14)9-4-3-8(5-12-9)15-6-7-1-2-7/h3-5,7,14H,1-2,6H2,(H2,11,13). The summed E-state index contributed by atoms with van der Waals surface area (Å²) in [5, 5.41) is 11.3. The van der Waals surface area contributed by atoms with E-state index in [-0.39, 0.29) is 5.84 Å². The van der Waals surface area contributed by atoms with Crippen LogP contribution in [-0.4, -0.2) is 22.6 Å². The Balaban J connectivity index is 1.96. The van der Waals surface area contributed by atoms with Crippen LogP contribution in [0.25, 0.3) is 0 Å². The molecule has 1 aromatic heterocycles. The number of hydrogen-bond acceptors (Lipinski definition) is 4. The second-order valence-corrected chi connectivity index (χ2v) is 3.62. The normalized spacial score (nSPS) is 16.4. The van der Waals surface area contributed by atoms with Crippen molar-refractivity contribution in [2.45, 2.75) is 12.8 Å². The van der Waals surface area contributed by atoms with E-state index in [1.54, 1.807) is 18.3 Å². The molecule has 0 aliphatic heterocycles. The van der Waals surface area contributed by atoms with Gasteiger partial charge in [0.25, 0.3) is 0 Å². The molecule has 1 aliphatic carbocycles. The van der Waals surface area contributed by atoms with Gasteiger partial charge < -0.3 is 15.7 Å². The van der Waals surface area contributed by atoms with Gasteiger partial charge in [0.1, 0.15) is 11.4 Å². The summed E-state index contributed by atoms with van der Waals surface area (Å²) < 4.78 is 5.49. The van der Waals surface area contributed by atoms with Crippen molar-refractivity contribution >= 4 is 5.84 Å². The van der Waals surface area contributed by atoms with Crippen LogP contribution in [0.5, 0.6) is 5.75 Å². The Morgan fingerprint density at radius 2 is 2.40 bits per heavy atom. The van der Waals surface area contributed by atoms with Crippen molar-refractivity contribution < 1.29 is 9.94 Å². The van der Waals surface area contributed by atoms with Gasteiger partial charge >= 0.3 is 0 Å². The number of pyridine rings is 1. The predicted octanol–water partition coefficient (Wildman–Crippen LogP) is 0.965. The van der Waals surface area contributed by atoms with Crippen molar-refractivity contribution in [1.82, 2.24) is 4.98 Å². The highest BCUT2D eigenvalue weighted by Gasteiger charge is 2.21. The maximum Gasteiger partial charge on any atom is 0.188 e. The SMILES string of the molecule is N/C(=N/O)c1ccc(OCC2CC2)cn1. The van der Waals surface area contributed by atoms with Crippen molar-refractivity contribution in [3.05, 3.63) is 24.0 Å². The molecule has 5 nitrogen and oxygen atoms in total. The van der Waals surface area contributed by atoms with Gasteiger partial charge in [-0.05, 0) is 30.9 Å². The summed E-state index contributed by atoms with van der Waals surface area (Å²) >= 11 is 0. The van der Waals surface area contributed by atoms with Gasteiger partial charge in [-0.1, -0.05) is 5.16 Å². The first-order valence-electron chi connectivity index (χ1n) is 4.86. The van der Waals surface area contributed by atoms with Crippen LogP contribution in [-0.2, 0) is 0 Å². The molecule has 5 heteroatoms. The second kappa shape index (κ2) is 4.16. The van der Waals surface area contributed by atoms with Crippen LogP contribution in [0, 0.1) is 5.92 Å². The van der Waals surface area contributed by atoms with Crippen molar-refractivity contribution in [2.75, 3.05) is 6.61 Å². The number of amidine groups is 1. The highest BCUT2D eigenvalue weighted by molar-refractivity contribution is 5.95. The Morgan fingerprint density at radius 3 is 2.93 bits per heavy atom. The first kappa shape index (κ1) is 9.76. The van der Waals surface area contributed by atoms with Gasteiger partial charge in [-0.25, -0.2) is 4.98 Å². The predicted molar refractivity (Wildman–Crippen MR) is 55.0 cm³/mol. The lowest BCUT2D eigenvalue weighted by Crippen LogP contribution is -2.14. The van der Waals surface area contributed by atoms with E-state index < -0.39 is 0 Å². The number of aromatic nitrogens is 1. The minimum Gasteiger partial charge on any atom is -0.492 e. The minimum absolute atomic E-state index is 0.00347. The molecule has 0 unspecified atom stereocenters. The Bertz CT molecular complexity index is 357. The molecule has 0 atom stereocenters. The second-order valence-electron chi connectivity index (χ2n) is 3.62. The Hall–Kier alpha value is -1.78. The molecule has 1 heterocycles. The zero-order valence-electron chi connectivity index (χ0n) is 8.26. The van der Waals surface area contributed by atoms with Gasteiger partial charge in [-0.15, -0.1) is 0 Å². The highest BCUT2D eigenvalue weighted by atomic mass is 16.5. The largest absolute Gasteiger partial charge is 0.492 e. The molecule has 0 spiro atoms. The lowest BCUT2D eigenvalue weighted by atomic mass is 10.3. The molecule has 1 aliphatic rings. The van der Waals surface area contributed by atoms with E-state index in [9.17, 15) is 0 Å². The topological polar surface area (TPSA) is 80.7 Å². The molecule has 0 amide bonds. The number of hydrogen-bond donors (Lipinski definition) is 2. The van der Waals surface area contributed by atoms with E-state index in [1.807, 2.05) is 0 Å². The number of oxime groups is 1. The van der Waals surface area contributed by atoms with Gasteiger partial charge in [-0.2, -0.15) is 0 Å². The molecular formula is C10H13N3O2. The molecule has 0 aromatic carbocycles. The summed E-state index contributed by atoms with van der Waals surface area (Å²) in [5.41, 5.74) is 5.81. The van der Waals surface area contributed by atoms with Crippen molar-refractivity contribution in [3.8, 4) is 5.75 Å². The maximum atomic E-state index is 8.43. The molecule has 0 saturated heterocycles. The first-order valence-corrected chi connectivity index (χ1v) is 4.86. The van der Waals surface area contributed by atoms with Crippen LogP contribution in [0.2, 0.25) is 0 Å². The number of nitrogens with two attached hydrogens (primary N) is 1. The Morgan fingerprint density at radius 1 is 1.60 bits per heavy atom. The summed E-state index contributed by atoms with van der Waals surface area (Å²) in [6, 6.07) is 3.43. The number of ether oxygens (including phenoxy) is 1. The molecule has 1 aromatic rings. The fourth-order valence-electron chi connectivity index (χ4n) is 1.17. The molecule has 2 rings (SSSR count). The van der Waals surface area contributed by atoms with Crippen molar-refractivity contribution in [2.24, 2.45) is 16.8 Å². The van der Waals surface area contributed by atoms with Gasteiger partial charge in [0, 0.05) is 0 Å². The third-order valence-electron chi connectivity index (χ3n) is 2.29. The third kappa shape index (κ3) is 2.59. The molecule has 0 radical (unpaired) electrons. The van der Waals surface area contributed by atoms with E-state index >= 15 is 0 Å². The zero-order chi connectivity index (χ0) is 10.7. The average Bonchev–Trinajstić information content (AvgIpc) is 3.10. The third-order valence-corrected chi connectivity index (χ3v) is 2.29. The zero-order valence-corrected chi connectivity index (χ0v) is 8.26. The Labute approximate surface area is 87.6 Å². The monoisotopic (exact) mass is 207 g/mol. The summed E-state index contributed by atoms with van der Waals surface area (Å²) in [6.45, 7) is 0.755. The summed E-state index contributed by atoms with van der Waals surface area (Å²) in [5.74, 6) is 1.44. The van der Waals surface area contributed by atoms with E-state index in [4.69, 9.17) is 15.7 Å². The minimum atomic E-state index is 0.00347.